The highest BCUT2D eigenvalue weighted by Gasteiger charge is 2.60. The fourth-order valence-corrected chi connectivity index (χ4v) is 4.25. The second-order valence-electron chi connectivity index (χ2n) is 7.43. The Morgan fingerprint density at radius 3 is 2.19 bits per heavy atom. The number of rotatable bonds is 4. The average Bonchev–Trinajstić information content (AvgIpc) is 3.31. The third kappa shape index (κ3) is 3.02. The number of amides is 2. The predicted molar refractivity (Wildman–Crippen MR) is 114 cm³/mol. The molecule has 3 atom stereocenters. The molecule has 3 aromatic carbocycles. The summed E-state index contributed by atoms with van der Waals surface area (Å²) in [6.45, 7) is 0. The molecular formula is C24H20N2O5. The van der Waals surface area contributed by atoms with E-state index in [2.05, 4.69) is 0 Å². The molecule has 2 aliphatic heterocycles. The lowest BCUT2D eigenvalue weighted by atomic mass is 9.90. The number of hydrogen-bond donors (Lipinski definition) is 1. The normalized spacial score (nSPS) is 22.7. The van der Waals surface area contributed by atoms with Gasteiger partial charge in [0.2, 0.25) is 5.91 Å². The summed E-state index contributed by atoms with van der Waals surface area (Å²) in [6, 6.07) is 22.1. The molecule has 2 heterocycles. The van der Waals surface area contributed by atoms with Gasteiger partial charge in [0.05, 0.1) is 24.5 Å². The van der Waals surface area contributed by atoms with Crippen LogP contribution in [-0.4, -0.2) is 30.1 Å². The third-order valence-electron chi connectivity index (χ3n) is 5.71. The number of ether oxygens (including phenoxy) is 1. The number of fused-ring (bicyclic) bond motifs is 1. The molecule has 0 aliphatic carbocycles. The van der Waals surface area contributed by atoms with Crippen LogP contribution < -0.4 is 14.7 Å². The summed E-state index contributed by atoms with van der Waals surface area (Å²) in [7, 11) is 1.55. The zero-order valence-corrected chi connectivity index (χ0v) is 16.7. The number of nitrogens with zero attached hydrogens (tertiary/aromatic N) is 2. The zero-order chi connectivity index (χ0) is 21.5. The first-order valence-electron chi connectivity index (χ1n) is 9.91. The van der Waals surface area contributed by atoms with Crippen LogP contribution in [0.5, 0.6) is 11.5 Å². The van der Waals surface area contributed by atoms with Gasteiger partial charge in [0.1, 0.15) is 17.4 Å². The fourth-order valence-electron chi connectivity index (χ4n) is 4.25. The van der Waals surface area contributed by atoms with Gasteiger partial charge in [0.15, 0.2) is 6.10 Å². The molecule has 0 unspecified atom stereocenters. The molecule has 2 aliphatic rings. The minimum absolute atomic E-state index is 0.0424. The van der Waals surface area contributed by atoms with Gasteiger partial charge >= 0.3 is 0 Å². The molecule has 2 saturated heterocycles. The molecule has 7 heteroatoms. The lowest BCUT2D eigenvalue weighted by Gasteiger charge is -2.29. The molecule has 2 fully saturated rings. The topological polar surface area (TPSA) is 79.3 Å². The number of phenols is 1. The summed E-state index contributed by atoms with van der Waals surface area (Å²) in [5, 5.41) is 12.1. The lowest BCUT2D eigenvalue weighted by Crippen LogP contribution is -2.37. The Morgan fingerprint density at radius 2 is 1.52 bits per heavy atom. The van der Waals surface area contributed by atoms with Crippen LogP contribution in [0.2, 0.25) is 0 Å². The van der Waals surface area contributed by atoms with E-state index in [0.29, 0.717) is 22.7 Å². The van der Waals surface area contributed by atoms with Crippen molar-refractivity contribution in [1.82, 2.24) is 0 Å². The average molecular weight is 416 g/mol. The molecule has 3 aromatic rings. The number of benzene rings is 3. The zero-order valence-electron chi connectivity index (χ0n) is 16.7. The molecular weight excluding hydrogens is 396 g/mol. The van der Waals surface area contributed by atoms with Crippen molar-refractivity contribution < 1.29 is 24.3 Å². The standard InChI is InChI=1S/C24H20N2O5/c1-30-17-13-11-15(12-14-17)25-23(28)20-21(18-9-5-6-10-19(18)27)26(31-22(20)24(25)29)16-7-3-2-4-8-16/h2-14,20-22,27H,1H3/t20-,21+,22-/m0/s1. The maximum absolute atomic E-state index is 13.5. The maximum Gasteiger partial charge on any atom is 0.266 e. The first-order chi connectivity index (χ1) is 15.1. The highest BCUT2D eigenvalue weighted by molar-refractivity contribution is 6.24. The molecule has 7 nitrogen and oxygen atoms in total. The van der Waals surface area contributed by atoms with Gasteiger partial charge in [-0.1, -0.05) is 36.4 Å². The molecule has 5 rings (SSSR count). The van der Waals surface area contributed by atoms with Gasteiger partial charge < -0.3 is 9.84 Å². The summed E-state index contributed by atoms with van der Waals surface area (Å²) >= 11 is 0. The summed E-state index contributed by atoms with van der Waals surface area (Å²) < 4.78 is 5.16. The van der Waals surface area contributed by atoms with Crippen LogP contribution in [0.3, 0.4) is 0 Å². The van der Waals surface area contributed by atoms with Crippen LogP contribution in [0, 0.1) is 5.92 Å². The van der Waals surface area contributed by atoms with Crippen molar-refractivity contribution in [3.63, 3.8) is 0 Å². The van der Waals surface area contributed by atoms with E-state index in [1.54, 1.807) is 60.7 Å². The van der Waals surface area contributed by atoms with Gasteiger partial charge in [-0.3, -0.25) is 14.4 Å². The Balaban J connectivity index is 1.58. The second-order valence-corrected chi connectivity index (χ2v) is 7.43. The number of hydroxylamine groups is 1. The Labute approximate surface area is 179 Å². The Morgan fingerprint density at radius 1 is 0.839 bits per heavy atom. The van der Waals surface area contributed by atoms with Gasteiger partial charge in [-0.15, -0.1) is 0 Å². The van der Waals surface area contributed by atoms with Crippen molar-refractivity contribution in [2.75, 3.05) is 17.1 Å². The van der Waals surface area contributed by atoms with E-state index in [1.165, 1.54) is 0 Å². The van der Waals surface area contributed by atoms with Gasteiger partial charge in [-0.2, -0.15) is 0 Å². The second kappa shape index (κ2) is 7.45. The van der Waals surface area contributed by atoms with Gasteiger partial charge in [0.25, 0.3) is 5.91 Å². The van der Waals surface area contributed by atoms with Crippen molar-refractivity contribution >= 4 is 23.2 Å². The number of carbonyl (C=O) groups is 2. The quantitative estimate of drug-likeness (QED) is 0.657. The molecule has 0 saturated carbocycles. The number of aromatic hydroxyl groups is 1. The van der Waals surface area contributed by atoms with Gasteiger partial charge in [0, 0.05) is 5.56 Å². The van der Waals surface area contributed by atoms with Gasteiger partial charge in [-0.05, 0) is 42.5 Å². The van der Waals surface area contributed by atoms with Crippen LogP contribution in [0.4, 0.5) is 11.4 Å². The van der Waals surface area contributed by atoms with Crippen LogP contribution >= 0.6 is 0 Å². The maximum atomic E-state index is 13.5. The Kier molecular flexibility index (Phi) is 4.60. The monoisotopic (exact) mass is 416 g/mol. The lowest BCUT2D eigenvalue weighted by molar-refractivity contribution is -0.126. The summed E-state index contributed by atoms with van der Waals surface area (Å²) in [6.07, 6.45) is -0.987. The first-order valence-corrected chi connectivity index (χ1v) is 9.91. The largest absolute Gasteiger partial charge is 0.508 e. The minimum atomic E-state index is -0.987. The number of phenolic OH excluding ortho intramolecular Hbond substituents is 1. The highest BCUT2D eigenvalue weighted by Crippen LogP contribution is 2.49. The molecule has 1 N–H and O–H groups in total. The Hall–Kier alpha value is -3.84. The van der Waals surface area contributed by atoms with E-state index < -0.39 is 24.0 Å². The Bertz CT molecular complexity index is 1130. The van der Waals surface area contributed by atoms with Gasteiger partial charge in [-0.25, -0.2) is 9.96 Å². The SMILES string of the molecule is COc1ccc(N2C(=O)[C@@H]3[C@H](ON(c4ccccc4)[C@@H]3c3ccccc3O)C2=O)cc1. The minimum Gasteiger partial charge on any atom is -0.508 e. The van der Waals surface area contributed by atoms with E-state index >= 15 is 0 Å². The van der Waals surface area contributed by atoms with E-state index in [1.807, 2.05) is 30.3 Å². The molecule has 0 bridgehead atoms. The van der Waals surface area contributed by atoms with Crippen molar-refractivity contribution in [3.05, 3.63) is 84.4 Å². The van der Waals surface area contributed by atoms with E-state index in [0.717, 1.165) is 4.90 Å². The first kappa shape index (κ1) is 19.1. The predicted octanol–water partition coefficient (Wildman–Crippen LogP) is 3.45. The number of methoxy groups -OCH3 is 1. The van der Waals surface area contributed by atoms with Crippen LogP contribution in [0.1, 0.15) is 11.6 Å². The number of hydrogen-bond acceptors (Lipinski definition) is 6. The smallest absolute Gasteiger partial charge is 0.266 e. The highest BCUT2D eigenvalue weighted by atomic mass is 16.7. The number of para-hydroxylation sites is 2. The number of carbonyl (C=O) groups excluding carboxylic acids is 2. The number of imide groups is 1. The van der Waals surface area contributed by atoms with E-state index in [9.17, 15) is 14.7 Å². The molecule has 156 valence electrons. The third-order valence-corrected chi connectivity index (χ3v) is 5.71. The van der Waals surface area contributed by atoms with E-state index in [4.69, 9.17) is 9.57 Å². The van der Waals surface area contributed by atoms with Crippen LogP contribution in [0.25, 0.3) is 0 Å². The van der Waals surface area contributed by atoms with Crippen molar-refractivity contribution in [2.24, 2.45) is 5.92 Å². The summed E-state index contributed by atoms with van der Waals surface area (Å²) in [5.41, 5.74) is 1.68. The summed E-state index contributed by atoms with van der Waals surface area (Å²) in [5.74, 6) is -0.934. The van der Waals surface area contributed by atoms with Crippen molar-refractivity contribution in [2.45, 2.75) is 12.1 Å². The molecule has 0 spiro atoms. The van der Waals surface area contributed by atoms with Crippen LogP contribution in [0.15, 0.2) is 78.9 Å². The number of anilines is 2. The molecule has 0 radical (unpaired) electrons. The summed E-state index contributed by atoms with van der Waals surface area (Å²) in [4.78, 5) is 34.0. The van der Waals surface area contributed by atoms with Crippen LogP contribution in [-0.2, 0) is 14.4 Å². The van der Waals surface area contributed by atoms with E-state index in [-0.39, 0.29) is 11.7 Å². The molecule has 2 amide bonds. The van der Waals surface area contributed by atoms with Crippen molar-refractivity contribution in [3.8, 4) is 11.5 Å². The van der Waals surface area contributed by atoms with Crippen molar-refractivity contribution in [1.29, 1.82) is 0 Å². The molecule has 0 aromatic heterocycles. The molecule has 31 heavy (non-hydrogen) atoms. The fraction of sp³-hybridized carbons (Fsp3) is 0.167.